The van der Waals surface area contributed by atoms with Gasteiger partial charge in [0.15, 0.2) is 0 Å². The van der Waals surface area contributed by atoms with E-state index >= 15 is 0 Å². The van der Waals surface area contributed by atoms with Crippen molar-refractivity contribution in [1.82, 2.24) is 40.0 Å². The lowest BCUT2D eigenvalue weighted by atomic mass is 9.79. The zero-order chi connectivity index (χ0) is 60.9. The summed E-state index contributed by atoms with van der Waals surface area (Å²) in [7, 11) is 6.44. The Balaban J connectivity index is 0.000000211. The number of carboxylic acid groups (broad SMARTS) is 1. The number of ether oxygens (including phenoxy) is 3. The van der Waals surface area contributed by atoms with Gasteiger partial charge in [0.05, 0.1) is 23.3 Å². The van der Waals surface area contributed by atoms with Gasteiger partial charge in [-0.3, -0.25) is 33.8 Å². The Morgan fingerprint density at radius 3 is 1.34 bits per heavy atom. The van der Waals surface area contributed by atoms with Crippen LogP contribution in [0.5, 0.6) is 0 Å². The van der Waals surface area contributed by atoms with Gasteiger partial charge in [-0.25, -0.2) is 28.0 Å². The van der Waals surface area contributed by atoms with E-state index in [0.717, 1.165) is 36.8 Å². The number of methoxy groups -OCH3 is 2. The molecule has 0 bridgehead atoms. The van der Waals surface area contributed by atoms with E-state index in [-0.39, 0.29) is 90.1 Å². The van der Waals surface area contributed by atoms with E-state index in [1.807, 2.05) is 34.6 Å². The zero-order valence-electron chi connectivity index (χ0n) is 49.8. The van der Waals surface area contributed by atoms with Crippen LogP contribution >= 0.6 is 0 Å². The van der Waals surface area contributed by atoms with Crippen LogP contribution in [0.2, 0.25) is 0 Å². The SMILES string of the molecule is COC1CC(CN2C(=O)N(C)C(=O)C23CCN(C(=O)OC(C)(C)C)CC3)C1.COC1CC(CN2C(=O)N(C)C(=O)C23CCN(C(=O)[C@H](NC(=O)c2cc(C)ccc2F)C(C)C)CC3)C1.Cc1ccc(F)c(C(=O)N[C@@H](C(=O)O)C(C)C)c1. The highest BCUT2D eigenvalue weighted by Gasteiger charge is 2.59. The molecule has 8 rings (SSSR count). The number of likely N-dealkylation sites (N-methyl/N-ethyl adjacent to an activating group) is 2. The number of benzene rings is 2. The lowest BCUT2D eigenvalue weighted by Crippen LogP contribution is -2.61. The van der Waals surface area contributed by atoms with Crippen molar-refractivity contribution in [3.05, 3.63) is 70.3 Å². The normalized spacial score (nSPS) is 22.7. The van der Waals surface area contributed by atoms with Crippen LogP contribution in [0.25, 0.3) is 0 Å². The number of piperidine rings is 2. The molecule has 2 saturated carbocycles. The first-order chi connectivity index (χ1) is 38.4. The highest BCUT2D eigenvalue weighted by atomic mass is 19.1. The van der Waals surface area contributed by atoms with Gasteiger partial charge in [-0.2, -0.15) is 0 Å². The van der Waals surface area contributed by atoms with Crippen molar-refractivity contribution in [3.8, 4) is 0 Å². The van der Waals surface area contributed by atoms with Crippen molar-refractivity contribution in [1.29, 1.82) is 0 Å². The van der Waals surface area contributed by atoms with E-state index in [0.29, 0.717) is 57.8 Å². The largest absolute Gasteiger partial charge is 0.480 e. The molecule has 3 N–H and O–H groups in total. The second-order valence-electron chi connectivity index (χ2n) is 24.5. The number of nitrogens with zero attached hydrogens (tertiary/aromatic N) is 6. The summed E-state index contributed by atoms with van der Waals surface area (Å²) >= 11 is 0. The molecule has 6 fully saturated rings. The van der Waals surface area contributed by atoms with Crippen molar-refractivity contribution >= 4 is 53.7 Å². The smallest absolute Gasteiger partial charge is 0.410 e. The molecule has 2 aliphatic carbocycles. The molecule has 0 aromatic heterocycles. The number of aliphatic carboxylic acids is 1. The Morgan fingerprint density at radius 1 is 0.634 bits per heavy atom. The molecule has 0 radical (unpaired) electrons. The first kappa shape index (κ1) is 64.4. The van der Waals surface area contributed by atoms with Crippen LogP contribution in [0.4, 0.5) is 23.2 Å². The molecule has 2 aromatic carbocycles. The van der Waals surface area contributed by atoms with Crippen molar-refractivity contribution in [2.24, 2.45) is 23.7 Å². The van der Waals surface area contributed by atoms with Crippen LogP contribution in [0, 0.1) is 49.2 Å². The molecule has 452 valence electrons. The molecule has 23 heteroatoms. The molecule has 0 unspecified atom stereocenters. The summed E-state index contributed by atoms with van der Waals surface area (Å²) in [6.07, 6.45) is 5.19. The number of likely N-dealkylation sites (tertiary alicyclic amines) is 2. The third-order valence-electron chi connectivity index (χ3n) is 16.7. The quantitative estimate of drug-likeness (QED) is 0.169. The minimum Gasteiger partial charge on any atom is -0.480 e. The Bertz CT molecular complexity index is 2720. The Morgan fingerprint density at radius 2 is 1.00 bits per heavy atom. The molecule has 6 aliphatic rings. The number of carbonyl (C=O) groups is 9. The summed E-state index contributed by atoms with van der Waals surface area (Å²) in [5, 5.41) is 14.0. The number of carboxylic acids is 1. The van der Waals surface area contributed by atoms with Gasteiger partial charge < -0.3 is 49.6 Å². The third-order valence-corrected chi connectivity index (χ3v) is 16.7. The first-order valence-corrected chi connectivity index (χ1v) is 28.3. The molecular formula is C59H84F2N8O13. The summed E-state index contributed by atoms with van der Waals surface area (Å²) < 4.78 is 43.9. The second-order valence-corrected chi connectivity index (χ2v) is 24.5. The number of urea groups is 2. The van der Waals surface area contributed by atoms with Gasteiger partial charge in [-0.05, 0) is 134 Å². The molecule has 21 nitrogen and oxygen atoms in total. The Kier molecular flexibility index (Phi) is 20.6. The maximum Gasteiger partial charge on any atom is 0.410 e. The number of aryl methyl sites for hydroxylation is 2. The number of rotatable bonds is 14. The van der Waals surface area contributed by atoms with Crippen molar-refractivity contribution in [2.45, 2.75) is 155 Å². The molecule has 4 aliphatic heterocycles. The topological polar surface area (TPSA) is 245 Å². The van der Waals surface area contributed by atoms with Crippen molar-refractivity contribution in [3.63, 3.8) is 0 Å². The fraction of sp³-hybridized carbons (Fsp3) is 0.644. The van der Waals surface area contributed by atoms with Gasteiger partial charge >= 0.3 is 24.1 Å². The highest BCUT2D eigenvalue weighted by Crippen LogP contribution is 2.42. The number of nitrogens with one attached hydrogen (secondary N) is 2. The van der Waals surface area contributed by atoms with Gasteiger partial charge in [0.1, 0.15) is 40.4 Å². The number of carbonyl (C=O) groups excluding carboxylic acids is 8. The van der Waals surface area contributed by atoms with Crippen LogP contribution in [0.15, 0.2) is 36.4 Å². The van der Waals surface area contributed by atoms with Crippen LogP contribution in [0.3, 0.4) is 0 Å². The summed E-state index contributed by atoms with van der Waals surface area (Å²) in [6, 6.07) is 6.01. The standard InChI is InChI=1S/C27H37FN4O5.C19H31N3O5.C13H16FNO3/c1-16(2)22(29-23(33)20-12-17(3)6-7-21(20)28)24(34)31-10-8-27(9-11-31)25(35)30(4)26(36)32(27)15-18-13-19(14-18)37-5;1-18(2,3)27-17(25)21-8-6-19(7-9-21)15(23)20(4)16(24)22(19)12-13-10-14(11-13)26-5;1-7(2)11(13(17)18)15-12(16)9-6-8(3)4-5-10(9)14/h6-7,12,16,18-19,22H,8-11,13-15H2,1-5H3,(H,29,33);13-14H,6-12H2,1-5H3;4-7,11H,1-3H3,(H,15,16)(H,17,18)/t18?,19?,22-;;11-/m1.1/s1. The van der Waals surface area contributed by atoms with E-state index < -0.39 is 58.2 Å². The number of halogens is 2. The number of hydrogen-bond acceptors (Lipinski definition) is 12. The minimum atomic E-state index is -1.13. The van der Waals surface area contributed by atoms with Crippen LogP contribution in [-0.4, -0.2) is 197 Å². The molecule has 2 atom stereocenters. The summed E-state index contributed by atoms with van der Waals surface area (Å²) in [5.41, 5.74) is -1.11. The monoisotopic (exact) mass is 1150 g/mol. The van der Waals surface area contributed by atoms with E-state index in [1.165, 1.54) is 41.1 Å². The predicted octanol–water partition coefficient (Wildman–Crippen LogP) is 6.62. The maximum atomic E-state index is 14.3. The summed E-state index contributed by atoms with van der Waals surface area (Å²) in [6.45, 7) is 18.4. The number of amides is 10. The predicted molar refractivity (Wildman–Crippen MR) is 297 cm³/mol. The molecular weight excluding hydrogens is 1070 g/mol. The lowest BCUT2D eigenvalue weighted by molar-refractivity contribution is -0.142. The Hall–Kier alpha value is -6.75. The average molecular weight is 1150 g/mol. The summed E-state index contributed by atoms with van der Waals surface area (Å²) in [4.78, 5) is 122. The lowest BCUT2D eigenvalue weighted by Gasteiger charge is -2.45. The second kappa shape index (κ2) is 26.2. The summed E-state index contributed by atoms with van der Waals surface area (Å²) in [5.74, 6) is -4.30. The van der Waals surface area contributed by atoms with Crippen LogP contribution in [-0.2, 0) is 33.4 Å². The molecule has 2 spiro atoms. The molecule has 82 heavy (non-hydrogen) atoms. The van der Waals surface area contributed by atoms with Gasteiger partial charge in [0.2, 0.25) is 5.91 Å². The molecule has 2 aromatic rings. The Labute approximate surface area is 479 Å². The van der Waals surface area contributed by atoms with Gasteiger partial charge in [0, 0.05) is 67.6 Å². The zero-order valence-corrected chi connectivity index (χ0v) is 49.8. The third kappa shape index (κ3) is 14.2. The van der Waals surface area contributed by atoms with E-state index in [2.05, 4.69) is 10.6 Å². The van der Waals surface area contributed by atoms with Crippen LogP contribution < -0.4 is 10.6 Å². The molecule has 4 heterocycles. The van der Waals surface area contributed by atoms with E-state index in [4.69, 9.17) is 19.3 Å². The van der Waals surface area contributed by atoms with Crippen LogP contribution in [0.1, 0.15) is 132 Å². The van der Waals surface area contributed by atoms with Gasteiger partial charge in [-0.1, -0.05) is 51.0 Å². The fourth-order valence-electron chi connectivity index (χ4n) is 11.5. The number of imide groups is 2. The fourth-order valence-corrected chi connectivity index (χ4v) is 11.5. The van der Waals surface area contributed by atoms with Crippen molar-refractivity contribution < 1.29 is 71.2 Å². The minimum absolute atomic E-state index is 0.100. The first-order valence-electron chi connectivity index (χ1n) is 28.3. The van der Waals surface area contributed by atoms with E-state index in [9.17, 15) is 51.9 Å². The molecule has 4 saturated heterocycles. The van der Waals surface area contributed by atoms with E-state index in [1.54, 1.807) is 80.7 Å². The number of hydrogen-bond donors (Lipinski definition) is 3. The average Bonchev–Trinajstić information content (AvgIpc) is 2.43. The van der Waals surface area contributed by atoms with Gasteiger partial charge in [-0.15, -0.1) is 0 Å². The van der Waals surface area contributed by atoms with Crippen molar-refractivity contribution in [2.75, 3.05) is 67.6 Å². The molecule has 10 amide bonds. The maximum absolute atomic E-state index is 14.3. The highest BCUT2D eigenvalue weighted by molar-refractivity contribution is 6.08. The van der Waals surface area contributed by atoms with Gasteiger partial charge in [0.25, 0.3) is 23.6 Å².